The average Bonchev–Trinajstić information content (AvgIpc) is 2.09. The fourth-order valence-electron chi connectivity index (χ4n) is 0.419. The maximum atomic E-state index is 10.3. The molecule has 6 nitrogen and oxygen atoms in total. The van der Waals surface area contributed by atoms with Crippen LogP contribution in [0.5, 0.6) is 0 Å². The Morgan fingerprint density at radius 1 is 1.29 bits per heavy atom. The van der Waals surface area contributed by atoms with Crippen molar-refractivity contribution in [2.75, 3.05) is 7.11 Å². The maximum Gasteiger partial charge on any atom is 0.363 e. The Bertz CT molecular complexity index is 179. The van der Waals surface area contributed by atoms with Crippen LogP contribution in [-0.4, -0.2) is 28.6 Å². The second kappa shape index (κ2) is 10.7. The molecule has 4 N–H and O–H groups in total. The predicted octanol–water partition coefficient (Wildman–Crippen LogP) is 0.674. The molecular weight excluding hydrogens is 209 g/mol. The van der Waals surface area contributed by atoms with Crippen molar-refractivity contribution in [2.45, 2.75) is 33.5 Å². The highest BCUT2D eigenvalue weighted by Gasteiger charge is 2.33. The average molecular weight is 229 g/mol. The van der Waals surface area contributed by atoms with Gasteiger partial charge in [-0.2, -0.15) is 0 Å². The minimum atomic E-state index is -4.53. The van der Waals surface area contributed by atoms with Gasteiger partial charge in [0.05, 0.1) is 0 Å². The van der Waals surface area contributed by atoms with Crippen LogP contribution in [0.1, 0.15) is 27.7 Å². The van der Waals surface area contributed by atoms with Crippen molar-refractivity contribution >= 4 is 13.5 Å². The number of rotatable bonds is 3. The minimum Gasteiger partial charge on any atom is -0.367 e. The van der Waals surface area contributed by atoms with Crippen LogP contribution in [0.15, 0.2) is 0 Å². The summed E-state index contributed by atoms with van der Waals surface area (Å²) in [5.74, 6) is -3.00. The number of nitrogens with two attached hydrogens (primary N) is 1. The number of hydrogen-bond donors (Lipinski definition) is 3. The number of ether oxygens (including phenoxy) is 1. The Hall–Kier alpha value is -0.420. The summed E-state index contributed by atoms with van der Waals surface area (Å²) in [6.07, 6.45) is 0. The van der Waals surface area contributed by atoms with Crippen LogP contribution in [0.3, 0.4) is 0 Å². The van der Waals surface area contributed by atoms with E-state index in [9.17, 15) is 9.36 Å². The first-order valence-corrected chi connectivity index (χ1v) is 5.95. The summed E-state index contributed by atoms with van der Waals surface area (Å²) in [5.41, 5.74) is 4.58. The van der Waals surface area contributed by atoms with Gasteiger partial charge in [-0.15, -0.1) is 0 Å². The van der Waals surface area contributed by atoms with Crippen molar-refractivity contribution < 1.29 is 23.9 Å². The molecule has 88 valence electrons. The third-order valence-corrected chi connectivity index (χ3v) is 1.85. The standard InChI is InChI=1S/C3H8NO5P.2C2H6/c1-9-3(2(4)5)10(6,7)8;2*1-2/h3H,1H3,(H2,4,5)(H2,6,7,8);2*1-2H3. The van der Waals surface area contributed by atoms with Crippen LogP contribution in [0, 0.1) is 0 Å². The molecule has 1 unspecified atom stereocenters. The van der Waals surface area contributed by atoms with Crippen molar-refractivity contribution in [1.82, 2.24) is 0 Å². The Balaban J connectivity index is -0.000000266. The van der Waals surface area contributed by atoms with E-state index in [0.29, 0.717) is 0 Å². The molecule has 0 radical (unpaired) electrons. The van der Waals surface area contributed by atoms with Crippen molar-refractivity contribution in [3.05, 3.63) is 0 Å². The van der Waals surface area contributed by atoms with Crippen molar-refractivity contribution in [3.63, 3.8) is 0 Å². The molecule has 0 aliphatic heterocycles. The van der Waals surface area contributed by atoms with Crippen LogP contribution < -0.4 is 5.73 Å². The second-order valence-electron chi connectivity index (χ2n) is 1.58. The lowest BCUT2D eigenvalue weighted by Gasteiger charge is -2.11. The first kappa shape index (κ1) is 19.2. The highest BCUT2D eigenvalue weighted by molar-refractivity contribution is 7.53. The summed E-state index contributed by atoms with van der Waals surface area (Å²) >= 11 is 0. The molecule has 0 saturated heterocycles. The largest absolute Gasteiger partial charge is 0.367 e. The molecule has 0 fully saturated rings. The molecule has 14 heavy (non-hydrogen) atoms. The van der Waals surface area contributed by atoms with Crippen LogP contribution >= 0.6 is 7.60 Å². The summed E-state index contributed by atoms with van der Waals surface area (Å²) in [5, 5.41) is 0. The number of carbonyl (C=O) groups excluding carboxylic acids is 1. The van der Waals surface area contributed by atoms with Crippen LogP contribution in [-0.2, 0) is 14.1 Å². The SMILES string of the molecule is CC.CC.COC(C(N)=O)P(=O)(O)O. The molecule has 0 heterocycles. The molecule has 0 bridgehead atoms. The summed E-state index contributed by atoms with van der Waals surface area (Å²) < 4.78 is 14.4. The summed E-state index contributed by atoms with van der Waals surface area (Å²) in [6.45, 7) is 8.00. The molecule has 7 heteroatoms. The summed E-state index contributed by atoms with van der Waals surface area (Å²) in [4.78, 5) is 26.8. The monoisotopic (exact) mass is 229 g/mol. The molecular formula is C7H20NO5P. The lowest BCUT2D eigenvalue weighted by molar-refractivity contribution is -0.124. The van der Waals surface area contributed by atoms with E-state index in [1.165, 1.54) is 0 Å². The number of hydrogen-bond acceptors (Lipinski definition) is 3. The van der Waals surface area contributed by atoms with Gasteiger partial charge in [-0.3, -0.25) is 9.36 Å². The topological polar surface area (TPSA) is 110 Å². The zero-order chi connectivity index (χ0) is 12.4. The minimum absolute atomic E-state index is 0.995. The number of amides is 1. The molecule has 0 aliphatic rings. The molecule has 0 aromatic rings. The Kier molecular flexibility index (Phi) is 14.6. The van der Waals surface area contributed by atoms with Gasteiger partial charge in [0.2, 0.25) is 5.85 Å². The quantitative estimate of drug-likeness (QED) is 0.616. The Morgan fingerprint density at radius 2 is 1.57 bits per heavy atom. The fraction of sp³-hybridized carbons (Fsp3) is 0.857. The number of carbonyl (C=O) groups is 1. The van der Waals surface area contributed by atoms with Crippen molar-refractivity contribution in [3.8, 4) is 0 Å². The molecule has 1 amide bonds. The highest BCUT2D eigenvalue weighted by atomic mass is 31.2. The second-order valence-corrected chi connectivity index (χ2v) is 3.23. The third-order valence-electron chi connectivity index (χ3n) is 0.772. The molecule has 0 saturated carbocycles. The summed E-state index contributed by atoms with van der Waals surface area (Å²) in [6, 6.07) is 0. The van der Waals surface area contributed by atoms with Gasteiger partial charge in [-0.05, 0) is 0 Å². The van der Waals surface area contributed by atoms with E-state index < -0.39 is 19.3 Å². The van der Waals surface area contributed by atoms with E-state index >= 15 is 0 Å². The van der Waals surface area contributed by atoms with Crippen LogP contribution in [0.2, 0.25) is 0 Å². The van der Waals surface area contributed by atoms with E-state index in [1.807, 2.05) is 27.7 Å². The predicted molar refractivity (Wildman–Crippen MR) is 54.7 cm³/mol. The lowest BCUT2D eigenvalue weighted by Crippen LogP contribution is -2.29. The molecule has 0 spiro atoms. The highest BCUT2D eigenvalue weighted by Crippen LogP contribution is 2.40. The molecule has 0 rings (SSSR count). The molecule has 0 aliphatic carbocycles. The molecule has 0 aromatic heterocycles. The normalized spacial score (nSPS) is 11.4. The first-order valence-electron chi connectivity index (χ1n) is 4.27. The zero-order valence-electron chi connectivity index (χ0n) is 9.22. The Morgan fingerprint density at radius 3 is 1.57 bits per heavy atom. The lowest BCUT2D eigenvalue weighted by atomic mass is 10.7. The molecule has 0 aromatic carbocycles. The third kappa shape index (κ3) is 9.67. The van der Waals surface area contributed by atoms with Gasteiger partial charge in [0.1, 0.15) is 0 Å². The van der Waals surface area contributed by atoms with E-state index in [2.05, 4.69) is 10.5 Å². The van der Waals surface area contributed by atoms with Gasteiger partial charge in [-0.25, -0.2) is 0 Å². The van der Waals surface area contributed by atoms with Gasteiger partial charge >= 0.3 is 7.60 Å². The first-order chi connectivity index (χ1) is 6.39. The maximum absolute atomic E-state index is 10.3. The zero-order valence-corrected chi connectivity index (χ0v) is 10.1. The van der Waals surface area contributed by atoms with Gasteiger partial charge < -0.3 is 20.3 Å². The van der Waals surface area contributed by atoms with Gasteiger partial charge in [0.15, 0.2) is 0 Å². The van der Waals surface area contributed by atoms with Crippen LogP contribution in [0.4, 0.5) is 0 Å². The Labute approximate surface area is 84.6 Å². The van der Waals surface area contributed by atoms with E-state index in [4.69, 9.17) is 9.79 Å². The van der Waals surface area contributed by atoms with Crippen molar-refractivity contribution in [1.29, 1.82) is 0 Å². The summed E-state index contributed by atoms with van der Waals surface area (Å²) in [7, 11) is -3.53. The smallest absolute Gasteiger partial charge is 0.363 e. The number of primary amides is 1. The van der Waals surface area contributed by atoms with E-state index in [0.717, 1.165) is 7.11 Å². The van der Waals surface area contributed by atoms with Gasteiger partial charge in [-0.1, -0.05) is 27.7 Å². The van der Waals surface area contributed by atoms with Gasteiger partial charge in [0.25, 0.3) is 5.91 Å². The van der Waals surface area contributed by atoms with E-state index in [-0.39, 0.29) is 0 Å². The fourth-order valence-corrected chi connectivity index (χ4v) is 1.03. The van der Waals surface area contributed by atoms with Crippen molar-refractivity contribution in [2.24, 2.45) is 5.73 Å². The number of methoxy groups -OCH3 is 1. The van der Waals surface area contributed by atoms with Crippen LogP contribution in [0.25, 0.3) is 0 Å². The van der Waals surface area contributed by atoms with E-state index in [1.54, 1.807) is 0 Å². The molecule has 1 atom stereocenters. The van der Waals surface area contributed by atoms with Gasteiger partial charge in [0, 0.05) is 7.11 Å².